The highest BCUT2D eigenvalue weighted by atomic mass is 16.5. The Balaban J connectivity index is 1.71. The molecule has 0 spiro atoms. The van der Waals surface area contributed by atoms with E-state index in [1.807, 2.05) is 6.92 Å². The largest absolute Gasteiger partial charge is 0.507 e. The maximum Gasteiger partial charge on any atom is 0.295 e. The van der Waals surface area contributed by atoms with Gasteiger partial charge < -0.3 is 19.5 Å². The first-order valence-corrected chi connectivity index (χ1v) is 10.8. The van der Waals surface area contributed by atoms with Crippen LogP contribution in [0.25, 0.3) is 5.76 Å². The summed E-state index contributed by atoms with van der Waals surface area (Å²) >= 11 is 0. The highest BCUT2D eigenvalue weighted by Gasteiger charge is 2.46. The minimum atomic E-state index is -0.687. The summed E-state index contributed by atoms with van der Waals surface area (Å²) in [5.74, 6) is -0.921. The average molecular weight is 437 g/mol. The maximum absolute atomic E-state index is 13.1. The molecule has 168 valence electrons. The number of nitrogens with zero attached hydrogens (tertiary/aromatic N) is 3. The van der Waals surface area contributed by atoms with Gasteiger partial charge >= 0.3 is 0 Å². The molecule has 1 aromatic heterocycles. The van der Waals surface area contributed by atoms with E-state index in [9.17, 15) is 14.7 Å². The van der Waals surface area contributed by atoms with Crippen molar-refractivity contribution < 1.29 is 24.2 Å². The van der Waals surface area contributed by atoms with Crippen molar-refractivity contribution >= 4 is 17.4 Å². The van der Waals surface area contributed by atoms with Crippen molar-refractivity contribution in [1.29, 1.82) is 0 Å². The second kappa shape index (κ2) is 9.93. The zero-order valence-electron chi connectivity index (χ0n) is 18.1. The van der Waals surface area contributed by atoms with E-state index in [-0.39, 0.29) is 11.3 Å². The number of ketones is 1. The van der Waals surface area contributed by atoms with Crippen LogP contribution in [0.5, 0.6) is 5.75 Å². The summed E-state index contributed by atoms with van der Waals surface area (Å²) in [5, 5.41) is 11.1. The van der Waals surface area contributed by atoms with Crippen LogP contribution in [0.2, 0.25) is 0 Å². The minimum absolute atomic E-state index is 0.0804. The molecule has 4 rings (SSSR count). The fraction of sp³-hybridized carbons (Fsp3) is 0.375. The van der Waals surface area contributed by atoms with Crippen LogP contribution in [0, 0.1) is 0 Å². The van der Waals surface area contributed by atoms with Crippen LogP contribution in [0.4, 0.5) is 0 Å². The van der Waals surface area contributed by atoms with E-state index in [4.69, 9.17) is 9.47 Å². The van der Waals surface area contributed by atoms with Crippen LogP contribution in [0.15, 0.2) is 54.4 Å². The van der Waals surface area contributed by atoms with Crippen LogP contribution in [-0.2, 0) is 14.3 Å². The third-order valence-corrected chi connectivity index (χ3v) is 5.74. The van der Waals surface area contributed by atoms with E-state index in [2.05, 4.69) is 9.88 Å². The lowest BCUT2D eigenvalue weighted by Crippen LogP contribution is -2.42. The number of aromatic nitrogens is 1. The number of benzene rings is 1. The van der Waals surface area contributed by atoms with Gasteiger partial charge in [0.2, 0.25) is 0 Å². The number of carbonyl (C=O) groups excluding carboxylic acids is 2. The molecule has 2 saturated heterocycles. The summed E-state index contributed by atoms with van der Waals surface area (Å²) in [4.78, 5) is 33.9. The van der Waals surface area contributed by atoms with Crippen LogP contribution in [-0.4, -0.2) is 77.6 Å². The molecular weight excluding hydrogens is 410 g/mol. The molecule has 1 unspecified atom stereocenters. The van der Waals surface area contributed by atoms with Gasteiger partial charge in [0.1, 0.15) is 11.5 Å². The van der Waals surface area contributed by atoms with Gasteiger partial charge in [-0.3, -0.25) is 19.5 Å². The molecule has 8 heteroatoms. The van der Waals surface area contributed by atoms with Gasteiger partial charge in [0.15, 0.2) is 0 Å². The van der Waals surface area contributed by atoms with Gasteiger partial charge in [-0.2, -0.15) is 0 Å². The molecule has 0 radical (unpaired) electrons. The standard InChI is InChI=1S/C24H27N3O5/c1-2-32-19-5-3-4-18(16-19)22(28)20-21(17-6-8-25-9-7-17)27(24(30)23(20)29)11-10-26-12-14-31-15-13-26/h3-9,16,21,28H,2,10-15H2,1H3/b22-20+. The molecule has 2 aliphatic rings. The molecule has 1 aromatic carbocycles. The Morgan fingerprint density at radius 2 is 1.91 bits per heavy atom. The third kappa shape index (κ3) is 4.51. The fourth-order valence-electron chi connectivity index (χ4n) is 4.13. The molecule has 2 fully saturated rings. The van der Waals surface area contributed by atoms with Crippen molar-refractivity contribution in [3.05, 3.63) is 65.5 Å². The Kier molecular flexibility index (Phi) is 6.82. The van der Waals surface area contributed by atoms with Crippen molar-refractivity contribution in [1.82, 2.24) is 14.8 Å². The summed E-state index contributed by atoms with van der Waals surface area (Å²) < 4.78 is 10.9. The summed E-state index contributed by atoms with van der Waals surface area (Å²) in [5.41, 5.74) is 1.24. The fourth-order valence-corrected chi connectivity index (χ4v) is 4.13. The highest BCUT2D eigenvalue weighted by molar-refractivity contribution is 6.46. The van der Waals surface area contributed by atoms with Gasteiger partial charge in [0.05, 0.1) is 31.4 Å². The van der Waals surface area contributed by atoms with Crippen LogP contribution in [0.1, 0.15) is 24.1 Å². The van der Waals surface area contributed by atoms with E-state index in [1.165, 1.54) is 0 Å². The van der Waals surface area contributed by atoms with Crippen LogP contribution in [0.3, 0.4) is 0 Å². The average Bonchev–Trinajstić information content (AvgIpc) is 3.09. The topological polar surface area (TPSA) is 92.2 Å². The number of hydrogen-bond acceptors (Lipinski definition) is 7. The summed E-state index contributed by atoms with van der Waals surface area (Å²) in [6.45, 7) is 6.22. The monoisotopic (exact) mass is 437 g/mol. The molecule has 3 heterocycles. The predicted octanol–water partition coefficient (Wildman–Crippen LogP) is 2.23. The molecule has 0 saturated carbocycles. The lowest BCUT2D eigenvalue weighted by Gasteiger charge is -2.31. The van der Waals surface area contributed by atoms with Crippen LogP contribution >= 0.6 is 0 Å². The summed E-state index contributed by atoms with van der Waals surface area (Å²) in [7, 11) is 0. The molecule has 1 N–H and O–H groups in total. The van der Waals surface area contributed by atoms with E-state index in [1.54, 1.807) is 53.7 Å². The number of likely N-dealkylation sites (tertiary alicyclic amines) is 1. The molecule has 2 aliphatic heterocycles. The summed E-state index contributed by atoms with van der Waals surface area (Å²) in [6.07, 6.45) is 3.24. The zero-order valence-corrected chi connectivity index (χ0v) is 18.1. The molecule has 32 heavy (non-hydrogen) atoms. The quantitative estimate of drug-likeness (QED) is 0.403. The SMILES string of the molecule is CCOc1cccc(/C(O)=C2\C(=O)C(=O)N(CCN3CCOCC3)C2c2ccncc2)c1. The lowest BCUT2D eigenvalue weighted by atomic mass is 9.96. The maximum atomic E-state index is 13.1. The number of aliphatic hydroxyl groups is 1. The van der Waals surface area contributed by atoms with Gasteiger partial charge in [-0.1, -0.05) is 12.1 Å². The number of pyridine rings is 1. The number of Topliss-reactive ketones (excluding diaryl/α,β-unsaturated/α-hetero) is 1. The van der Waals surface area contributed by atoms with Gasteiger partial charge in [-0.05, 0) is 36.8 Å². The number of rotatable bonds is 7. The predicted molar refractivity (Wildman–Crippen MR) is 118 cm³/mol. The first kappa shape index (κ1) is 22.0. The number of carbonyl (C=O) groups is 2. The zero-order chi connectivity index (χ0) is 22.5. The normalized spacial score (nSPS) is 21.2. The Bertz CT molecular complexity index is 1000. The number of amides is 1. The van der Waals surface area contributed by atoms with E-state index in [0.29, 0.717) is 44.2 Å². The Labute approximate surface area is 187 Å². The molecule has 8 nitrogen and oxygen atoms in total. The van der Waals surface area contributed by atoms with Crippen molar-refractivity contribution in [2.24, 2.45) is 0 Å². The Hall–Kier alpha value is -3.23. The number of hydrogen-bond donors (Lipinski definition) is 1. The van der Waals surface area contributed by atoms with E-state index in [0.717, 1.165) is 18.7 Å². The number of morpholine rings is 1. The lowest BCUT2D eigenvalue weighted by molar-refractivity contribution is -0.140. The molecule has 0 bridgehead atoms. The molecule has 1 atom stereocenters. The van der Waals surface area contributed by atoms with Gasteiger partial charge in [-0.15, -0.1) is 0 Å². The Morgan fingerprint density at radius 3 is 2.62 bits per heavy atom. The van der Waals surface area contributed by atoms with Gasteiger partial charge in [0.25, 0.3) is 11.7 Å². The number of aliphatic hydroxyl groups excluding tert-OH is 1. The highest BCUT2D eigenvalue weighted by Crippen LogP contribution is 2.39. The minimum Gasteiger partial charge on any atom is -0.507 e. The number of ether oxygens (including phenoxy) is 2. The van der Waals surface area contributed by atoms with Crippen molar-refractivity contribution in [3.8, 4) is 5.75 Å². The van der Waals surface area contributed by atoms with Crippen molar-refractivity contribution in [2.75, 3.05) is 46.0 Å². The third-order valence-electron chi connectivity index (χ3n) is 5.74. The molecular formula is C24H27N3O5. The van der Waals surface area contributed by atoms with Gasteiger partial charge in [0, 0.05) is 44.1 Å². The second-order valence-electron chi connectivity index (χ2n) is 7.69. The second-order valence-corrected chi connectivity index (χ2v) is 7.69. The summed E-state index contributed by atoms with van der Waals surface area (Å²) in [6, 6.07) is 9.74. The van der Waals surface area contributed by atoms with E-state index < -0.39 is 17.7 Å². The molecule has 1 amide bonds. The van der Waals surface area contributed by atoms with Crippen molar-refractivity contribution in [3.63, 3.8) is 0 Å². The smallest absolute Gasteiger partial charge is 0.295 e. The molecule has 2 aromatic rings. The van der Waals surface area contributed by atoms with Crippen LogP contribution < -0.4 is 4.74 Å². The van der Waals surface area contributed by atoms with E-state index >= 15 is 0 Å². The first-order valence-electron chi connectivity index (χ1n) is 10.8. The first-order chi connectivity index (χ1) is 15.6. The Morgan fingerprint density at radius 1 is 1.16 bits per heavy atom. The van der Waals surface area contributed by atoms with Gasteiger partial charge in [-0.25, -0.2) is 0 Å². The van der Waals surface area contributed by atoms with Crippen molar-refractivity contribution in [2.45, 2.75) is 13.0 Å². The molecule has 0 aliphatic carbocycles.